The highest BCUT2D eigenvalue weighted by Crippen LogP contribution is 2.20. The molecular formula is C19H16FN3O2. The molecule has 0 saturated heterocycles. The fourth-order valence-corrected chi connectivity index (χ4v) is 2.44. The van der Waals surface area contributed by atoms with E-state index in [0.717, 1.165) is 10.9 Å². The van der Waals surface area contributed by atoms with E-state index in [1.807, 2.05) is 12.1 Å². The van der Waals surface area contributed by atoms with Crippen LogP contribution >= 0.6 is 0 Å². The van der Waals surface area contributed by atoms with Crippen LogP contribution in [-0.2, 0) is 16.0 Å². The molecule has 0 fully saturated rings. The Labute approximate surface area is 143 Å². The number of nitrogens with one attached hydrogen (secondary N) is 2. The lowest BCUT2D eigenvalue weighted by Gasteiger charge is -2.08. The molecular weight excluding hydrogens is 321 g/mol. The molecule has 0 atom stereocenters. The molecule has 0 radical (unpaired) electrons. The van der Waals surface area contributed by atoms with Gasteiger partial charge in [0, 0.05) is 18.1 Å². The predicted octanol–water partition coefficient (Wildman–Crippen LogP) is 2.67. The first-order valence-electron chi connectivity index (χ1n) is 7.81. The molecule has 0 bridgehead atoms. The van der Waals surface area contributed by atoms with Crippen molar-refractivity contribution >= 4 is 28.4 Å². The predicted molar refractivity (Wildman–Crippen MR) is 93.5 cm³/mol. The zero-order chi connectivity index (χ0) is 17.6. The molecule has 1 aromatic heterocycles. The van der Waals surface area contributed by atoms with Crippen LogP contribution in [0.4, 0.5) is 10.1 Å². The van der Waals surface area contributed by atoms with E-state index in [1.165, 1.54) is 12.1 Å². The van der Waals surface area contributed by atoms with Crippen LogP contribution in [0.2, 0.25) is 0 Å². The summed E-state index contributed by atoms with van der Waals surface area (Å²) in [6.07, 6.45) is 2.13. The maximum Gasteiger partial charge on any atom is 0.313 e. The minimum Gasteiger partial charge on any atom is -0.347 e. The Kier molecular flexibility index (Phi) is 4.99. The van der Waals surface area contributed by atoms with Crippen molar-refractivity contribution in [1.82, 2.24) is 10.3 Å². The van der Waals surface area contributed by atoms with Gasteiger partial charge in [-0.25, -0.2) is 4.39 Å². The number of hydrogen-bond donors (Lipinski definition) is 2. The lowest BCUT2D eigenvalue weighted by atomic mass is 10.1. The highest BCUT2D eigenvalue weighted by atomic mass is 19.1. The van der Waals surface area contributed by atoms with Gasteiger partial charge in [0.15, 0.2) is 0 Å². The molecule has 0 saturated carbocycles. The molecule has 2 amide bonds. The van der Waals surface area contributed by atoms with Gasteiger partial charge in [0.05, 0.1) is 11.2 Å². The standard InChI is InChI=1S/C19H16FN3O2/c20-15-8-6-13(7-9-15)10-12-22-18(24)19(25)23-16-5-1-3-14-4-2-11-21-17(14)16/h1-9,11H,10,12H2,(H,22,24)(H,23,25). The molecule has 0 unspecified atom stereocenters. The monoisotopic (exact) mass is 337 g/mol. The molecule has 0 aliphatic rings. The normalized spacial score (nSPS) is 10.4. The summed E-state index contributed by atoms with van der Waals surface area (Å²) < 4.78 is 12.8. The second kappa shape index (κ2) is 7.53. The summed E-state index contributed by atoms with van der Waals surface area (Å²) in [5.41, 5.74) is 1.98. The van der Waals surface area contributed by atoms with Crippen LogP contribution in [0.1, 0.15) is 5.56 Å². The van der Waals surface area contributed by atoms with E-state index in [1.54, 1.807) is 36.5 Å². The van der Waals surface area contributed by atoms with Crippen LogP contribution in [-0.4, -0.2) is 23.3 Å². The highest BCUT2D eigenvalue weighted by molar-refractivity contribution is 6.40. The molecule has 25 heavy (non-hydrogen) atoms. The van der Waals surface area contributed by atoms with Crippen molar-refractivity contribution in [2.45, 2.75) is 6.42 Å². The Morgan fingerprint density at radius 1 is 0.960 bits per heavy atom. The van der Waals surface area contributed by atoms with Crippen molar-refractivity contribution < 1.29 is 14.0 Å². The van der Waals surface area contributed by atoms with E-state index in [9.17, 15) is 14.0 Å². The average molecular weight is 337 g/mol. The Balaban J connectivity index is 1.57. The van der Waals surface area contributed by atoms with Crippen LogP contribution in [0.5, 0.6) is 0 Å². The molecule has 3 aromatic rings. The minimum absolute atomic E-state index is 0.283. The largest absolute Gasteiger partial charge is 0.347 e. The third-order valence-corrected chi connectivity index (χ3v) is 3.70. The molecule has 5 nitrogen and oxygen atoms in total. The maximum atomic E-state index is 12.8. The second-order valence-corrected chi connectivity index (χ2v) is 5.47. The number of anilines is 1. The van der Waals surface area contributed by atoms with Gasteiger partial charge in [-0.3, -0.25) is 14.6 Å². The summed E-state index contributed by atoms with van der Waals surface area (Å²) in [4.78, 5) is 28.2. The number of carbonyl (C=O) groups is 2. The lowest BCUT2D eigenvalue weighted by molar-refractivity contribution is -0.136. The zero-order valence-electron chi connectivity index (χ0n) is 13.3. The van der Waals surface area contributed by atoms with Gasteiger partial charge in [0.2, 0.25) is 0 Å². The van der Waals surface area contributed by atoms with Crippen LogP contribution in [0.3, 0.4) is 0 Å². The number of aromatic nitrogens is 1. The quantitative estimate of drug-likeness (QED) is 0.719. The maximum absolute atomic E-state index is 12.8. The number of nitrogens with zero attached hydrogens (tertiary/aromatic N) is 1. The van der Waals surface area contributed by atoms with Gasteiger partial charge in [0.25, 0.3) is 0 Å². The van der Waals surface area contributed by atoms with E-state index in [2.05, 4.69) is 15.6 Å². The molecule has 2 aromatic carbocycles. The molecule has 0 spiro atoms. The van der Waals surface area contributed by atoms with Crippen LogP contribution < -0.4 is 10.6 Å². The van der Waals surface area contributed by atoms with Crippen molar-refractivity contribution in [2.75, 3.05) is 11.9 Å². The second-order valence-electron chi connectivity index (χ2n) is 5.47. The van der Waals surface area contributed by atoms with Gasteiger partial charge < -0.3 is 10.6 Å². The lowest BCUT2D eigenvalue weighted by Crippen LogP contribution is -2.36. The van der Waals surface area contributed by atoms with E-state index >= 15 is 0 Å². The topological polar surface area (TPSA) is 71.1 Å². The molecule has 2 N–H and O–H groups in total. The fourth-order valence-electron chi connectivity index (χ4n) is 2.44. The molecule has 6 heteroatoms. The number of pyridine rings is 1. The van der Waals surface area contributed by atoms with Crippen molar-refractivity contribution in [3.63, 3.8) is 0 Å². The van der Waals surface area contributed by atoms with Crippen molar-refractivity contribution in [1.29, 1.82) is 0 Å². The number of hydrogen-bond acceptors (Lipinski definition) is 3. The summed E-state index contributed by atoms with van der Waals surface area (Å²) in [6, 6.07) is 15.0. The fraction of sp³-hybridized carbons (Fsp3) is 0.105. The SMILES string of the molecule is O=C(NCCc1ccc(F)cc1)C(=O)Nc1cccc2cccnc12. The van der Waals surface area contributed by atoms with Gasteiger partial charge in [-0.1, -0.05) is 30.3 Å². The highest BCUT2D eigenvalue weighted by Gasteiger charge is 2.14. The Bertz CT molecular complexity index is 905. The van der Waals surface area contributed by atoms with Gasteiger partial charge in [-0.05, 0) is 36.2 Å². The summed E-state index contributed by atoms with van der Waals surface area (Å²) >= 11 is 0. The summed E-state index contributed by atoms with van der Waals surface area (Å²) in [5.74, 6) is -1.79. The number of amides is 2. The number of fused-ring (bicyclic) bond motifs is 1. The van der Waals surface area contributed by atoms with Gasteiger partial charge in [0.1, 0.15) is 5.82 Å². The third kappa shape index (κ3) is 4.17. The first-order valence-corrected chi connectivity index (χ1v) is 7.81. The van der Waals surface area contributed by atoms with E-state index in [-0.39, 0.29) is 12.4 Å². The first kappa shape index (κ1) is 16.6. The Morgan fingerprint density at radius 2 is 1.72 bits per heavy atom. The van der Waals surface area contributed by atoms with Crippen LogP contribution in [0.15, 0.2) is 60.8 Å². The number of para-hydroxylation sites is 1. The van der Waals surface area contributed by atoms with Crippen molar-refractivity contribution in [3.8, 4) is 0 Å². The van der Waals surface area contributed by atoms with Crippen molar-refractivity contribution in [3.05, 3.63) is 72.2 Å². The van der Waals surface area contributed by atoms with Gasteiger partial charge in [-0.15, -0.1) is 0 Å². The Hall–Kier alpha value is -3.28. The van der Waals surface area contributed by atoms with Crippen molar-refractivity contribution in [2.24, 2.45) is 0 Å². The summed E-state index contributed by atoms with van der Waals surface area (Å²) in [5, 5.41) is 6.00. The zero-order valence-corrected chi connectivity index (χ0v) is 13.3. The van der Waals surface area contributed by atoms with E-state index < -0.39 is 11.8 Å². The first-order chi connectivity index (χ1) is 12.1. The number of carbonyl (C=O) groups excluding carboxylic acids is 2. The third-order valence-electron chi connectivity index (χ3n) is 3.70. The van der Waals surface area contributed by atoms with Gasteiger partial charge >= 0.3 is 11.8 Å². The Morgan fingerprint density at radius 3 is 2.52 bits per heavy atom. The number of benzene rings is 2. The molecule has 0 aliphatic carbocycles. The molecule has 3 rings (SSSR count). The summed E-state index contributed by atoms with van der Waals surface area (Å²) in [6.45, 7) is 0.283. The molecule has 1 heterocycles. The van der Waals surface area contributed by atoms with E-state index in [4.69, 9.17) is 0 Å². The van der Waals surface area contributed by atoms with Crippen LogP contribution in [0.25, 0.3) is 10.9 Å². The average Bonchev–Trinajstić information content (AvgIpc) is 2.63. The molecule has 0 aliphatic heterocycles. The number of halogens is 1. The molecule has 126 valence electrons. The summed E-state index contributed by atoms with van der Waals surface area (Å²) in [7, 11) is 0. The van der Waals surface area contributed by atoms with Gasteiger partial charge in [-0.2, -0.15) is 0 Å². The number of rotatable bonds is 4. The van der Waals surface area contributed by atoms with E-state index in [0.29, 0.717) is 17.6 Å². The van der Waals surface area contributed by atoms with Crippen LogP contribution in [0, 0.1) is 5.82 Å². The smallest absolute Gasteiger partial charge is 0.313 e. The minimum atomic E-state index is -0.753.